The van der Waals surface area contributed by atoms with Crippen LogP contribution >= 0.6 is 0 Å². The highest BCUT2D eigenvalue weighted by Gasteiger charge is 2.30. The van der Waals surface area contributed by atoms with Crippen LogP contribution < -0.4 is 5.32 Å². The Morgan fingerprint density at radius 2 is 1.88 bits per heavy atom. The van der Waals surface area contributed by atoms with Crippen LogP contribution in [0.2, 0.25) is 0 Å². The van der Waals surface area contributed by atoms with E-state index in [2.05, 4.69) is 17.4 Å². The molecule has 1 N–H and O–H groups in total. The van der Waals surface area contributed by atoms with Crippen molar-refractivity contribution in [1.82, 2.24) is 10.2 Å². The van der Waals surface area contributed by atoms with Gasteiger partial charge in [0.15, 0.2) is 6.61 Å². The van der Waals surface area contributed by atoms with Gasteiger partial charge in [0.1, 0.15) is 6.04 Å². The molecule has 32 heavy (non-hydrogen) atoms. The van der Waals surface area contributed by atoms with Crippen molar-refractivity contribution in [2.24, 2.45) is 5.92 Å². The van der Waals surface area contributed by atoms with E-state index in [1.807, 2.05) is 39.0 Å². The van der Waals surface area contributed by atoms with Crippen LogP contribution in [0.5, 0.6) is 0 Å². The molecule has 1 aliphatic carbocycles. The van der Waals surface area contributed by atoms with Crippen molar-refractivity contribution in [2.75, 3.05) is 13.7 Å². The lowest BCUT2D eigenvalue weighted by atomic mass is 9.87. The van der Waals surface area contributed by atoms with Crippen LogP contribution in [0.3, 0.4) is 0 Å². The summed E-state index contributed by atoms with van der Waals surface area (Å²) in [7, 11) is 1.75. The number of carbonyl (C=O) groups is 3. The molecule has 0 aromatic heterocycles. The van der Waals surface area contributed by atoms with E-state index < -0.39 is 12.0 Å². The van der Waals surface area contributed by atoms with Gasteiger partial charge in [-0.05, 0) is 55.4 Å². The molecule has 0 radical (unpaired) electrons. The van der Waals surface area contributed by atoms with Crippen LogP contribution in [0, 0.1) is 12.8 Å². The summed E-state index contributed by atoms with van der Waals surface area (Å²) in [6, 6.07) is 14.5. The quantitative estimate of drug-likeness (QED) is 0.670. The molecule has 6 heteroatoms. The Labute approximate surface area is 189 Å². The summed E-state index contributed by atoms with van der Waals surface area (Å²) in [6.07, 6.45) is 2.91. The third-order valence-corrected chi connectivity index (χ3v) is 6.02. The number of hydrogen-bond acceptors (Lipinski definition) is 4. The third-order valence-electron chi connectivity index (χ3n) is 6.02. The number of ether oxygens (including phenoxy) is 1. The summed E-state index contributed by atoms with van der Waals surface area (Å²) in [5, 5.41) is 2.75. The lowest BCUT2D eigenvalue weighted by molar-refractivity contribution is -0.154. The lowest BCUT2D eigenvalue weighted by Crippen LogP contribution is -2.46. The van der Waals surface area contributed by atoms with Crippen molar-refractivity contribution >= 4 is 17.8 Å². The Kier molecular flexibility index (Phi) is 7.67. The fraction of sp³-hybridized carbons (Fsp3) is 0.423. The standard InChI is InChI=1S/C26H32N2O4/c1-17(2)24(27-25(30)20-12-7-9-18(3)15-20)26(31)32-16-23(29)28(4)22-14-8-11-19-10-5-6-13-21(19)22/h5-7,9-10,12-13,15,17,22,24H,8,11,14,16H2,1-4H3,(H,27,30)/t22?,24-/m0/s1. The van der Waals surface area contributed by atoms with Crippen LogP contribution in [-0.2, 0) is 20.7 Å². The maximum atomic E-state index is 12.8. The molecule has 1 unspecified atom stereocenters. The van der Waals surface area contributed by atoms with Gasteiger partial charge in [-0.2, -0.15) is 0 Å². The largest absolute Gasteiger partial charge is 0.454 e. The highest BCUT2D eigenvalue weighted by atomic mass is 16.5. The van der Waals surface area contributed by atoms with Gasteiger partial charge in [-0.25, -0.2) is 4.79 Å². The molecule has 0 bridgehead atoms. The fourth-order valence-electron chi connectivity index (χ4n) is 4.14. The molecule has 1 aliphatic rings. The number of rotatable bonds is 7. The second-order valence-corrected chi connectivity index (χ2v) is 8.78. The van der Waals surface area contributed by atoms with Crippen molar-refractivity contribution in [3.05, 3.63) is 70.8 Å². The molecule has 0 heterocycles. The predicted octanol–water partition coefficient (Wildman–Crippen LogP) is 3.83. The Balaban J connectivity index is 1.60. The Morgan fingerprint density at radius 3 is 2.59 bits per heavy atom. The maximum Gasteiger partial charge on any atom is 0.329 e. The minimum Gasteiger partial charge on any atom is -0.454 e. The van der Waals surface area contributed by atoms with Gasteiger partial charge in [-0.15, -0.1) is 0 Å². The molecule has 3 rings (SSSR count). The molecule has 0 aliphatic heterocycles. The van der Waals surface area contributed by atoms with Crippen LogP contribution in [0.4, 0.5) is 0 Å². The number of fused-ring (bicyclic) bond motifs is 1. The van der Waals surface area contributed by atoms with Crippen LogP contribution in [0.1, 0.15) is 59.8 Å². The molecular weight excluding hydrogens is 404 g/mol. The molecule has 2 aromatic carbocycles. The lowest BCUT2D eigenvalue weighted by Gasteiger charge is -2.33. The summed E-state index contributed by atoms with van der Waals surface area (Å²) in [5.74, 6) is -1.39. The number of esters is 1. The van der Waals surface area contributed by atoms with Gasteiger partial charge in [-0.1, -0.05) is 55.8 Å². The third kappa shape index (κ3) is 5.55. The Morgan fingerprint density at radius 1 is 1.12 bits per heavy atom. The maximum absolute atomic E-state index is 12.8. The van der Waals surface area contributed by atoms with Gasteiger partial charge in [0.05, 0.1) is 6.04 Å². The van der Waals surface area contributed by atoms with Crippen LogP contribution in [-0.4, -0.2) is 42.4 Å². The molecule has 2 atom stereocenters. The van der Waals surface area contributed by atoms with E-state index in [9.17, 15) is 14.4 Å². The number of nitrogens with one attached hydrogen (secondary N) is 1. The van der Waals surface area contributed by atoms with Gasteiger partial charge in [0.2, 0.25) is 0 Å². The first kappa shape index (κ1) is 23.5. The number of nitrogens with zero attached hydrogens (tertiary/aromatic N) is 1. The molecule has 0 fully saturated rings. The number of hydrogen-bond donors (Lipinski definition) is 1. The zero-order chi connectivity index (χ0) is 23.3. The van der Waals surface area contributed by atoms with E-state index in [1.54, 1.807) is 30.1 Å². The summed E-state index contributed by atoms with van der Waals surface area (Å²) in [4.78, 5) is 39.8. The topological polar surface area (TPSA) is 75.7 Å². The first-order valence-electron chi connectivity index (χ1n) is 11.2. The molecule has 2 aromatic rings. The first-order valence-corrected chi connectivity index (χ1v) is 11.2. The molecule has 0 saturated carbocycles. The van der Waals surface area contributed by atoms with Crippen LogP contribution in [0.15, 0.2) is 48.5 Å². The SMILES string of the molecule is Cc1cccc(C(=O)N[C@H](C(=O)OCC(=O)N(C)C2CCCc3ccccc32)C(C)C)c1. The predicted molar refractivity (Wildman–Crippen MR) is 123 cm³/mol. The second kappa shape index (κ2) is 10.4. The normalized spacial score (nSPS) is 16.1. The molecule has 0 saturated heterocycles. The average molecular weight is 437 g/mol. The number of aryl methyl sites for hydroxylation is 2. The van der Waals surface area contributed by atoms with E-state index >= 15 is 0 Å². The number of carbonyl (C=O) groups excluding carboxylic acids is 3. The van der Waals surface area contributed by atoms with Crippen LogP contribution in [0.25, 0.3) is 0 Å². The summed E-state index contributed by atoms with van der Waals surface area (Å²) < 4.78 is 5.34. The average Bonchev–Trinajstić information content (AvgIpc) is 2.79. The van der Waals surface area contributed by atoms with Crippen molar-refractivity contribution < 1.29 is 19.1 Å². The molecule has 6 nitrogen and oxygen atoms in total. The summed E-state index contributed by atoms with van der Waals surface area (Å²) in [5.41, 5.74) is 3.86. The van der Waals surface area contributed by atoms with E-state index in [0.717, 1.165) is 30.4 Å². The molecular formula is C26H32N2O4. The smallest absolute Gasteiger partial charge is 0.329 e. The van der Waals surface area contributed by atoms with Gasteiger partial charge < -0.3 is 15.0 Å². The van der Waals surface area contributed by atoms with E-state index in [-0.39, 0.29) is 30.4 Å². The van der Waals surface area contributed by atoms with Crippen molar-refractivity contribution in [3.63, 3.8) is 0 Å². The first-order chi connectivity index (χ1) is 15.3. The van der Waals surface area contributed by atoms with Crippen molar-refractivity contribution in [1.29, 1.82) is 0 Å². The fourth-order valence-corrected chi connectivity index (χ4v) is 4.14. The van der Waals surface area contributed by atoms with E-state index in [1.165, 1.54) is 5.56 Å². The van der Waals surface area contributed by atoms with E-state index in [4.69, 9.17) is 4.74 Å². The van der Waals surface area contributed by atoms with Crippen molar-refractivity contribution in [3.8, 4) is 0 Å². The van der Waals surface area contributed by atoms with Gasteiger partial charge in [-0.3, -0.25) is 9.59 Å². The number of likely N-dealkylation sites (N-methyl/N-ethyl adjacent to an activating group) is 1. The second-order valence-electron chi connectivity index (χ2n) is 8.78. The Hall–Kier alpha value is -3.15. The monoisotopic (exact) mass is 436 g/mol. The molecule has 0 spiro atoms. The number of benzene rings is 2. The minimum absolute atomic E-state index is 0.0203. The van der Waals surface area contributed by atoms with Gasteiger partial charge >= 0.3 is 5.97 Å². The van der Waals surface area contributed by atoms with Gasteiger partial charge in [0, 0.05) is 12.6 Å². The molecule has 170 valence electrons. The zero-order valence-corrected chi connectivity index (χ0v) is 19.3. The van der Waals surface area contributed by atoms with E-state index in [0.29, 0.717) is 5.56 Å². The summed E-state index contributed by atoms with van der Waals surface area (Å²) >= 11 is 0. The molecule has 2 amide bonds. The van der Waals surface area contributed by atoms with Crippen molar-refractivity contribution in [2.45, 2.75) is 52.1 Å². The summed E-state index contributed by atoms with van der Waals surface area (Å²) in [6.45, 7) is 5.21. The Bertz CT molecular complexity index is 985. The number of amides is 2. The van der Waals surface area contributed by atoms with Gasteiger partial charge in [0.25, 0.3) is 11.8 Å². The minimum atomic E-state index is -0.837. The zero-order valence-electron chi connectivity index (χ0n) is 19.3. The highest BCUT2D eigenvalue weighted by molar-refractivity contribution is 5.97. The highest BCUT2D eigenvalue weighted by Crippen LogP contribution is 2.33.